The second kappa shape index (κ2) is 6.47. The molecule has 6 heteroatoms. The van der Waals surface area contributed by atoms with Crippen molar-refractivity contribution in [2.45, 2.75) is 25.8 Å². The van der Waals surface area contributed by atoms with Gasteiger partial charge >= 0.3 is 0 Å². The van der Waals surface area contributed by atoms with Crippen LogP contribution in [0.25, 0.3) is 0 Å². The number of anilines is 2. The Hall–Kier alpha value is -2.24. The lowest BCUT2D eigenvalue weighted by Gasteiger charge is -2.22. The van der Waals surface area contributed by atoms with Crippen LogP contribution < -0.4 is 16.4 Å². The molecule has 1 heterocycles. The van der Waals surface area contributed by atoms with Gasteiger partial charge in [0.2, 0.25) is 5.91 Å². The second-order valence-electron chi connectivity index (χ2n) is 5.28. The maximum absolute atomic E-state index is 12.3. The van der Waals surface area contributed by atoms with Crippen LogP contribution >= 0.6 is 0 Å². The Morgan fingerprint density at radius 3 is 2.57 bits per heavy atom. The van der Waals surface area contributed by atoms with Crippen LogP contribution in [0.15, 0.2) is 18.2 Å². The molecule has 0 aromatic heterocycles. The van der Waals surface area contributed by atoms with E-state index in [1.807, 2.05) is 11.8 Å². The minimum absolute atomic E-state index is 0.0669. The van der Waals surface area contributed by atoms with Crippen LogP contribution in [0.2, 0.25) is 0 Å². The van der Waals surface area contributed by atoms with E-state index in [1.165, 1.54) is 0 Å². The third-order valence-electron chi connectivity index (χ3n) is 3.70. The van der Waals surface area contributed by atoms with Crippen molar-refractivity contribution >= 4 is 23.2 Å². The Labute approximate surface area is 124 Å². The van der Waals surface area contributed by atoms with Gasteiger partial charge in [0.15, 0.2) is 0 Å². The zero-order valence-corrected chi connectivity index (χ0v) is 12.5. The van der Waals surface area contributed by atoms with E-state index >= 15 is 0 Å². The van der Waals surface area contributed by atoms with Crippen molar-refractivity contribution in [3.63, 3.8) is 0 Å². The lowest BCUT2D eigenvalue weighted by atomic mass is 10.1. The summed E-state index contributed by atoms with van der Waals surface area (Å²) in [4.78, 5) is 25.8. The van der Waals surface area contributed by atoms with Gasteiger partial charge in [-0.25, -0.2) is 0 Å². The molecule has 1 fully saturated rings. The van der Waals surface area contributed by atoms with E-state index in [2.05, 4.69) is 10.6 Å². The summed E-state index contributed by atoms with van der Waals surface area (Å²) in [6.07, 6.45) is 2.12. The molecule has 0 saturated carbocycles. The Kier molecular flexibility index (Phi) is 4.67. The van der Waals surface area contributed by atoms with Crippen LogP contribution in [-0.4, -0.2) is 42.9 Å². The highest BCUT2D eigenvalue weighted by molar-refractivity contribution is 5.96. The van der Waals surface area contributed by atoms with Gasteiger partial charge < -0.3 is 21.3 Å². The molecule has 0 radical (unpaired) electrons. The fourth-order valence-corrected chi connectivity index (χ4v) is 2.47. The molecule has 1 aromatic rings. The average Bonchev–Trinajstić information content (AvgIpc) is 3.02. The van der Waals surface area contributed by atoms with Crippen LogP contribution in [0, 0.1) is 0 Å². The van der Waals surface area contributed by atoms with Gasteiger partial charge in [-0.1, -0.05) is 0 Å². The summed E-state index contributed by atoms with van der Waals surface area (Å²) in [6, 6.07) is 4.62. The molecule has 0 spiro atoms. The van der Waals surface area contributed by atoms with Crippen LogP contribution in [-0.2, 0) is 4.79 Å². The van der Waals surface area contributed by atoms with Gasteiger partial charge in [-0.15, -0.1) is 0 Å². The summed E-state index contributed by atoms with van der Waals surface area (Å²) in [6.45, 7) is 3.45. The molecule has 1 aliphatic heterocycles. The number of carbonyl (C=O) groups is 2. The molecule has 114 valence electrons. The molecule has 1 saturated heterocycles. The van der Waals surface area contributed by atoms with Crippen LogP contribution in [0.3, 0.4) is 0 Å². The number of carbonyl (C=O) groups excluding carboxylic acids is 2. The monoisotopic (exact) mass is 290 g/mol. The molecule has 4 N–H and O–H groups in total. The smallest absolute Gasteiger partial charge is 0.251 e. The summed E-state index contributed by atoms with van der Waals surface area (Å²) < 4.78 is 0. The topological polar surface area (TPSA) is 87.5 Å². The largest absolute Gasteiger partial charge is 0.397 e. The number of likely N-dealkylation sites (tertiary alicyclic amines) is 1. The first-order chi connectivity index (χ1) is 10.0. The van der Waals surface area contributed by atoms with E-state index in [9.17, 15) is 9.59 Å². The van der Waals surface area contributed by atoms with Crippen molar-refractivity contribution in [1.29, 1.82) is 0 Å². The van der Waals surface area contributed by atoms with Crippen molar-refractivity contribution in [2.75, 3.05) is 31.2 Å². The highest BCUT2D eigenvalue weighted by Gasteiger charge is 2.23. The molecule has 2 rings (SSSR count). The van der Waals surface area contributed by atoms with Gasteiger partial charge in [0, 0.05) is 25.7 Å². The summed E-state index contributed by atoms with van der Waals surface area (Å²) in [5, 5.41) is 5.68. The lowest BCUT2D eigenvalue weighted by Crippen LogP contribution is -2.39. The number of amides is 2. The second-order valence-corrected chi connectivity index (χ2v) is 5.28. The Balaban J connectivity index is 2.10. The molecule has 0 bridgehead atoms. The molecule has 21 heavy (non-hydrogen) atoms. The van der Waals surface area contributed by atoms with Gasteiger partial charge in [0.1, 0.15) is 6.04 Å². The average molecular weight is 290 g/mol. The third-order valence-corrected chi connectivity index (χ3v) is 3.70. The van der Waals surface area contributed by atoms with E-state index in [-0.39, 0.29) is 17.9 Å². The van der Waals surface area contributed by atoms with Gasteiger partial charge in [-0.2, -0.15) is 0 Å². The predicted octanol–water partition coefficient (Wildman–Crippen LogP) is 1.05. The summed E-state index contributed by atoms with van der Waals surface area (Å²) >= 11 is 0. The Morgan fingerprint density at radius 1 is 1.29 bits per heavy atom. The molecular formula is C15H22N4O2. The molecule has 1 aromatic carbocycles. The van der Waals surface area contributed by atoms with Crippen molar-refractivity contribution in [3.05, 3.63) is 23.8 Å². The fourth-order valence-electron chi connectivity index (χ4n) is 2.47. The summed E-state index contributed by atoms with van der Waals surface area (Å²) in [7, 11) is 1.57. The molecule has 1 aliphatic rings. The SMILES string of the molecule is CNC(=O)c1ccc(N)c(NC(C)C(=O)N2CCCC2)c1. The van der Waals surface area contributed by atoms with Crippen molar-refractivity contribution < 1.29 is 9.59 Å². The fraction of sp³-hybridized carbons (Fsp3) is 0.467. The highest BCUT2D eigenvalue weighted by Crippen LogP contribution is 2.22. The van der Waals surface area contributed by atoms with Gasteiger partial charge in [0.05, 0.1) is 11.4 Å². The zero-order valence-electron chi connectivity index (χ0n) is 12.5. The maximum atomic E-state index is 12.3. The molecule has 1 unspecified atom stereocenters. The van der Waals surface area contributed by atoms with E-state index < -0.39 is 0 Å². The summed E-state index contributed by atoms with van der Waals surface area (Å²) in [5.41, 5.74) is 7.55. The Bertz CT molecular complexity index is 538. The first-order valence-corrected chi connectivity index (χ1v) is 7.20. The summed E-state index contributed by atoms with van der Waals surface area (Å²) in [5.74, 6) is -0.117. The van der Waals surface area contributed by atoms with E-state index in [0.29, 0.717) is 16.9 Å². The quantitative estimate of drug-likeness (QED) is 0.723. The van der Waals surface area contributed by atoms with Crippen molar-refractivity contribution in [2.24, 2.45) is 0 Å². The molecule has 0 aliphatic carbocycles. The van der Waals surface area contributed by atoms with Crippen molar-refractivity contribution in [3.8, 4) is 0 Å². The van der Waals surface area contributed by atoms with Crippen LogP contribution in [0.5, 0.6) is 0 Å². The molecule has 1 atom stereocenters. The minimum atomic E-state index is -0.370. The number of nitrogens with two attached hydrogens (primary N) is 1. The highest BCUT2D eigenvalue weighted by atomic mass is 16.2. The first kappa shape index (κ1) is 15.2. The standard InChI is InChI=1S/C15H22N4O2/c1-10(15(21)19-7-3-4-8-19)18-13-9-11(14(20)17-2)5-6-12(13)16/h5-6,9-10,18H,3-4,7-8,16H2,1-2H3,(H,17,20). The van der Waals surface area contributed by atoms with Crippen LogP contribution in [0.4, 0.5) is 11.4 Å². The minimum Gasteiger partial charge on any atom is -0.397 e. The Morgan fingerprint density at radius 2 is 1.95 bits per heavy atom. The number of hydrogen-bond donors (Lipinski definition) is 3. The van der Waals surface area contributed by atoms with E-state index in [1.54, 1.807) is 25.2 Å². The third kappa shape index (κ3) is 3.45. The van der Waals surface area contributed by atoms with Gasteiger partial charge in [0.25, 0.3) is 5.91 Å². The van der Waals surface area contributed by atoms with E-state index in [0.717, 1.165) is 25.9 Å². The number of nitrogen functional groups attached to an aromatic ring is 1. The zero-order chi connectivity index (χ0) is 15.4. The maximum Gasteiger partial charge on any atom is 0.251 e. The molecule has 2 amide bonds. The van der Waals surface area contributed by atoms with Crippen LogP contribution in [0.1, 0.15) is 30.1 Å². The number of nitrogens with one attached hydrogen (secondary N) is 2. The van der Waals surface area contributed by atoms with Gasteiger partial charge in [-0.05, 0) is 38.0 Å². The molecular weight excluding hydrogens is 268 g/mol. The van der Waals surface area contributed by atoms with Gasteiger partial charge in [-0.3, -0.25) is 9.59 Å². The predicted molar refractivity (Wildman–Crippen MR) is 83.1 cm³/mol. The number of rotatable bonds is 4. The molecule has 6 nitrogen and oxygen atoms in total. The first-order valence-electron chi connectivity index (χ1n) is 7.20. The number of benzene rings is 1. The normalized spacial score (nSPS) is 15.6. The number of hydrogen-bond acceptors (Lipinski definition) is 4. The van der Waals surface area contributed by atoms with Crippen molar-refractivity contribution in [1.82, 2.24) is 10.2 Å². The number of nitrogens with zero attached hydrogens (tertiary/aromatic N) is 1. The van der Waals surface area contributed by atoms with E-state index in [4.69, 9.17) is 5.73 Å². The lowest BCUT2D eigenvalue weighted by molar-refractivity contribution is -0.130.